The van der Waals surface area contributed by atoms with Crippen LogP contribution in [0.15, 0.2) is 10.7 Å². The Balaban J connectivity index is 1.66. The molecule has 0 atom stereocenters. The van der Waals surface area contributed by atoms with Crippen LogP contribution >= 0.6 is 0 Å². The third kappa shape index (κ3) is 5.87. The van der Waals surface area contributed by atoms with Crippen molar-refractivity contribution < 1.29 is 18.8 Å². The molecule has 0 spiro atoms. The van der Waals surface area contributed by atoms with Gasteiger partial charge in [0.1, 0.15) is 11.6 Å². The van der Waals surface area contributed by atoms with Gasteiger partial charge < -0.3 is 23.8 Å². The molecule has 3 heterocycles. The van der Waals surface area contributed by atoms with Crippen molar-refractivity contribution in [3.8, 4) is 0 Å². The Morgan fingerprint density at radius 1 is 1.26 bits per heavy atom. The molecule has 1 saturated heterocycles. The van der Waals surface area contributed by atoms with Crippen LogP contribution < -0.4 is 0 Å². The summed E-state index contributed by atoms with van der Waals surface area (Å²) in [5.74, 6) is 1.66. The largest absolute Gasteiger partial charge is 0.382 e. The molecule has 2 aromatic heterocycles. The molecule has 3 rings (SSSR count). The third-order valence-electron chi connectivity index (χ3n) is 5.54. The number of ether oxygens (including phenoxy) is 2. The van der Waals surface area contributed by atoms with Crippen LogP contribution in [-0.4, -0.2) is 78.3 Å². The molecule has 0 aromatic carbocycles. The third-order valence-corrected chi connectivity index (χ3v) is 5.54. The topological polar surface area (TPSA) is 93.8 Å². The fourth-order valence-corrected chi connectivity index (χ4v) is 3.87. The number of carbonyl (C=O) groups excluding carboxylic acids is 1. The Labute approximate surface area is 183 Å². The molecule has 0 saturated carbocycles. The van der Waals surface area contributed by atoms with Crippen LogP contribution in [0.4, 0.5) is 0 Å². The molecule has 0 aliphatic carbocycles. The summed E-state index contributed by atoms with van der Waals surface area (Å²) in [6, 6.07) is 0. The Morgan fingerprint density at radius 3 is 2.68 bits per heavy atom. The van der Waals surface area contributed by atoms with Gasteiger partial charge in [-0.15, -0.1) is 0 Å². The van der Waals surface area contributed by atoms with Gasteiger partial charge in [-0.25, -0.2) is 9.97 Å². The zero-order valence-corrected chi connectivity index (χ0v) is 19.2. The van der Waals surface area contributed by atoms with E-state index in [1.165, 1.54) is 0 Å². The Morgan fingerprint density at radius 2 is 2.00 bits per heavy atom. The minimum absolute atomic E-state index is 0.0610. The lowest BCUT2D eigenvalue weighted by molar-refractivity contribution is 0.0603. The van der Waals surface area contributed by atoms with Crippen LogP contribution in [0.1, 0.15) is 57.7 Å². The number of nitrogens with zero attached hydrogens (tertiary/aromatic N) is 5. The molecule has 1 amide bonds. The molecule has 9 nitrogen and oxygen atoms in total. The second kappa shape index (κ2) is 10.8. The highest BCUT2D eigenvalue weighted by atomic mass is 16.5. The molecule has 1 aliphatic rings. The van der Waals surface area contributed by atoms with Crippen LogP contribution in [0, 0.1) is 13.8 Å². The first-order valence-corrected chi connectivity index (χ1v) is 10.7. The first-order valence-electron chi connectivity index (χ1n) is 10.7. The van der Waals surface area contributed by atoms with Gasteiger partial charge in [-0.1, -0.05) is 5.16 Å². The molecule has 170 valence electrons. The highest BCUT2D eigenvalue weighted by molar-refractivity contribution is 5.93. The number of aromatic nitrogens is 3. The molecule has 0 radical (unpaired) electrons. The number of likely N-dealkylation sites (tertiary alicyclic amines) is 1. The van der Waals surface area contributed by atoms with Gasteiger partial charge >= 0.3 is 0 Å². The molecule has 0 N–H and O–H groups in total. The highest BCUT2D eigenvalue weighted by Gasteiger charge is 2.30. The molecule has 0 unspecified atom stereocenters. The molecule has 1 aliphatic heterocycles. The van der Waals surface area contributed by atoms with E-state index in [1.54, 1.807) is 7.11 Å². The lowest BCUT2D eigenvalue weighted by atomic mass is 9.90. The number of rotatable bonds is 9. The van der Waals surface area contributed by atoms with E-state index in [-0.39, 0.29) is 11.8 Å². The average molecular weight is 432 g/mol. The first-order chi connectivity index (χ1) is 14.9. The smallest absolute Gasteiger partial charge is 0.276 e. The molecule has 9 heteroatoms. The number of aryl methyl sites for hydroxylation is 2. The number of hydrogen-bond donors (Lipinski definition) is 0. The van der Waals surface area contributed by atoms with Gasteiger partial charge in [-0.3, -0.25) is 4.79 Å². The molecular weight excluding hydrogens is 398 g/mol. The summed E-state index contributed by atoms with van der Waals surface area (Å²) in [6.45, 7) is 7.24. The molecule has 1 fully saturated rings. The van der Waals surface area contributed by atoms with Gasteiger partial charge in [0.15, 0.2) is 5.69 Å². The summed E-state index contributed by atoms with van der Waals surface area (Å²) < 4.78 is 16.1. The van der Waals surface area contributed by atoms with Crippen LogP contribution in [0.25, 0.3) is 0 Å². The second-order valence-electron chi connectivity index (χ2n) is 8.24. The summed E-state index contributed by atoms with van der Waals surface area (Å²) >= 11 is 0. The Bertz CT molecular complexity index is 875. The molecular formula is C22H33N5O4. The van der Waals surface area contributed by atoms with E-state index in [9.17, 15) is 4.79 Å². The fraction of sp³-hybridized carbons (Fsp3) is 0.636. The quantitative estimate of drug-likeness (QED) is 0.559. The highest BCUT2D eigenvalue weighted by Crippen LogP contribution is 2.30. The fourth-order valence-electron chi connectivity index (χ4n) is 3.87. The van der Waals surface area contributed by atoms with Crippen molar-refractivity contribution in [3.63, 3.8) is 0 Å². The zero-order valence-electron chi connectivity index (χ0n) is 19.2. The van der Waals surface area contributed by atoms with E-state index in [4.69, 9.17) is 19.0 Å². The summed E-state index contributed by atoms with van der Waals surface area (Å²) in [6.07, 6.45) is 3.54. The Kier molecular flexibility index (Phi) is 8.11. The van der Waals surface area contributed by atoms with Crippen molar-refractivity contribution >= 4 is 5.91 Å². The van der Waals surface area contributed by atoms with Gasteiger partial charge in [-0.05, 0) is 40.8 Å². The van der Waals surface area contributed by atoms with E-state index in [2.05, 4.69) is 10.1 Å². The van der Waals surface area contributed by atoms with Crippen LogP contribution in [0.3, 0.4) is 0 Å². The normalized spacial score (nSPS) is 15.1. The zero-order chi connectivity index (χ0) is 22.4. The lowest BCUT2D eigenvalue weighted by Crippen LogP contribution is -2.39. The van der Waals surface area contributed by atoms with Gasteiger partial charge in [-0.2, -0.15) is 0 Å². The van der Waals surface area contributed by atoms with E-state index >= 15 is 0 Å². The van der Waals surface area contributed by atoms with Crippen LogP contribution in [-0.2, 0) is 22.6 Å². The van der Waals surface area contributed by atoms with Crippen molar-refractivity contribution in [2.75, 3.05) is 47.5 Å². The first kappa shape index (κ1) is 23.3. The maximum atomic E-state index is 13.1. The SMILES string of the molecule is COCCOCc1cnc(C)nc1C1CCN(C(=O)c2noc(C)c2CN(C)C)CC1. The molecule has 2 aromatic rings. The second-order valence-corrected chi connectivity index (χ2v) is 8.24. The average Bonchev–Trinajstić information content (AvgIpc) is 3.11. The number of hydrogen-bond acceptors (Lipinski definition) is 8. The number of methoxy groups -OCH3 is 1. The Hall–Kier alpha value is -2.36. The maximum absolute atomic E-state index is 13.1. The van der Waals surface area contributed by atoms with E-state index < -0.39 is 0 Å². The van der Waals surface area contributed by atoms with Crippen molar-refractivity contribution in [2.45, 2.75) is 45.8 Å². The minimum atomic E-state index is -0.0610. The summed E-state index contributed by atoms with van der Waals surface area (Å²) in [5.41, 5.74) is 3.32. The van der Waals surface area contributed by atoms with Gasteiger partial charge in [0.2, 0.25) is 0 Å². The van der Waals surface area contributed by atoms with Crippen LogP contribution in [0.2, 0.25) is 0 Å². The van der Waals surface area contributed by atoms with Gasteiger partial charge in [0.25, 0.3) is 5.91 Å². The number of carbonyl (C=O) groups is 1. The van der Waals surface area contributed by atoms with Gasteiger partial charge in [0.05, 0.1) is 25.5 Å². The van der Waals surface area contributed by atoms with Crippen molar-refractivity contribution in [3.05, 3.63) is 40.3 Å². The van der Waals surface area contributed by atoms with Gasteiger partial charge in [0, 0.05) is 50.0 Å². The van der Waals surface area contributed by atoms with Crippen molar-refractivity contribution in [1.29, 1.82) is 0 Å². The monoisotopic (exact) mass is 431 g/mol. The predicted octanol–water partition coefficient (Wildman–Crippen LogP) is 2.33. The molecule has 0 bridgehead atoms. The maximum Gasteiger partial charge on any atom is 0.276 e. The number of piperidine rings is 1. The standard InChI is InChI=1S/C22H33N5O4/c1-15-19(13-26(3)4)21(25-31-15)22(28)27-8-6-17(7-9-27)20-18(12-23-16(2)24-20)14-30-11-10-29-5/h12,17H,6-11,13-14H2,1-5H3. The van der Waals surface area contributed by atoms with E-state index in [1.807, 2.05) is 43.9 Å². The minimum Gasteiger partial charge on any atom is -0.382 e. The number of amides is 1. The molecule has 31 heavy (non-hydrogen) atoms. The van der Waals surface area contributed by atoms with Crippen LogP contribution in [0.5, 0.6) is 0 Å². The van der Waals surface area contributed by atoms with Crippen molar-refractivity contribution in [2.24, 2.45) is 0 Å². The summed E-state index contributed by atoms with van der Waals surface area (Å²) in [4.78, 5) is 26.0. The summed E-state index contributed by atoms with van der Waals surface area (Å²) in [7, 11) is 5.58. The van der Waals surface area contributed by atoms with Crippen molar-refractivity contribution in [1.82, 2.24) is 24.9 Å². The predicted molar refractivity (Wildman–Crippen MR) is 115 cm³/mol. The van der Waals surface area contributed by atoms with E-state index in [0.29, 0.717) is 50.9 Å². The van der Waals surface area contributed by atoms with E-state index in [0.717, 1.165) is 35.5 Å². The summed E-state index contributed by atoms with van der Waals surface area (Å²) in [5, 5.41) is 4.06. The lowest BCUT2D eigenvalue weighted by Gasteiger charge is -2.32.